The number of carbonyl (C=O) groups excluding carboxylic acids is 3. The van der Waals surface area contributed by atoms with Crippen molar-refractivity contribution in [2.45, 2.75) is 95.6 Å². The van der Waals surface area contributed by atoms with E-state index in [1.807, 2.05) is 13.8 Å². The molecule has 41 heavy (non-hydrogen) atoms. The van der Waals surface area contributed by atoms with Gasteiger partial charge in [-0.25, -0.2) is 0 Å². The molecule has 9 nitrogen and oxygen atoms in total. The Morgan fingerprint density at radius 3 is 2.41 bits per heavy atom. The molecule has 1 aliphatic carbocycles. The zero-order valence-corrected chi connectivity index (χ0v) is 23.4. The Morgan fingerprint density at radius 1 is 1.15 bits per heavy atom. The second-order valence-electron chi connectivity index (χ2n) is 12.1. The number of ether oxygens (including phenoxy) is 2. The van der Waals surface area contributed by atoms with Crippen LogP contribution in [0.4, 0.5) is 13.2 Å². The first-order valence-electron chi connectivity index (χ1n) is 14.1. The van der Waals surface area contributed by atoms with Crippen molar-refractivity contribution < 1.29 is 37.0 Å². The normalized spacial score (nSPS) is 24.2. The van der Waals surface area contributed by atoms with E-state index in [4.69, 9.17) is 4.74 Å². The molecule has 1 unspecified atom stereocenters. The van der Waals surface area contributed by atoms with Gasteiger partial charge in [-0.3, -0.25) is 14.4 Å². The Kier molecular flexibility index (Phi) is 9.04. The predicted octanol–water partition coefficient (Wildman–Crippen LogP) is 4.22. The van der Waals surface area contributed by atoms with Gasteiger partial charge in [0.1, 0.15) is 23.6 Å². The molecule has 3 amide bonds. The third-order valence-corrected chi connectivity index (χ3v) is 8.41. The number of benzene rings is 1. The summed E-state index contributed by atoms with van der Waals surface area (Å²) in [5.74, 6) is -1.61. The van der Waals surface area contributed by atoms with Gasteiger partial charge in [0.15, 0.2) is 6.61 Å². The van der Waals surface area contributed by atoms with E-state index in [-0.39, 0.29) is 34.9 Å². The van der Waals surface area contributed by atoms with E-state index in [0.29, 0.717) is 19.4 Å². The van der Waals surface area contributed by atoms with Crippen molar-refractivity contribution in [2.24, 2.45) is 11.3 Å². The van der Waals surface area contributed by atoms with Crippen LogP contribution in [0.1, 0.15) is 71.6 Å². The van der Waals surface area contributed by atoms with Gasteiger partial charge in [0.05, 0.1) is 6.07 Å². The molecule has 3 fully saturated rings. The second kappa shape index (κ2) is 12.2. The Labute approximate surface area is 237 Å². The number of amides is 3. The smallest absolute Gasteiger partial charge is 0.484 e. The van der Waals surface area contributed by atoms with Gasteiger partial charge in [-0.1, -0.05) is 19.3 Å². The van der Waals surface area contributed by atoms with Crippen LogP contribution in [0.3, 0.4) is 0 Å². The number of alkyl halides is 3. The monoisotopic (exact) mass is 578 g/mol. The Morgan fingerprint density at radius 2 is 1.80 bits per heavy atom. The van der Waals surface area contributed by atoms with E-state index in [1.54, 1.807) is 0 Å². The van der Waals surface area contributed by atoms with Gasteiger partial charge in [-0.15, -0.1) is 13.2 Å². The van der Waals surface area contributed by atoms with Crippen LogP contribution in [0.2, 0.25) is 0 Å². The quantitative estimate of drug-likeness (QED) is 0.477. The van der Waals surface area contributed by atoms with Gasteiger partial charge in [0.2, 0.25) is 11.8 Å². The molecule has 2 N–H and O–H groups in total. The summed E-state index contributed by atoms with van der Waals surface area (Å²) in [6.45, 7) is 3.87. The number of likely N-dealkylation sites (tertiary alicyclic amines) is 1. The number of nitrogens with zero attached hydrogens (tertiary/aromatic N) is 2. The van der Waals surface area contributed by atoms with E-state index in [0.717, 1.165) is 50.7 Å². The van der Waals surface area contributed by atoms with Crippen molar-refractivity contribution >= 4 is 17.7 Å². The average molecular weight is 579 g/mol. The first-order valence-corrected chi connectivity index (χ1v) is 14.1. The minimum atomic E-state index is -4.82. The number of nitriles is 1. The zero-order chi connectivity index (χ0) is 29.8. The first-order chi connectivity index (χ1) is 19.3. The molecule has 1 spiro atoms. The van der Waals surface area contributed by atoms with Gasteiger partial charge in [-0.05, 0) is 82.1 Å². The minimum absolute atomic E-state index is 0.135. The van der Waals surface area contributed by atoms with E-state index in [9.17, 15) is 32.8 Å². The van der Waals surface area contributed by atoms with Crippen LogP contribution < -0.4 is 20.1 Å². The number of hydrogen-bond acceptors (Lipinski definition) is 6. The lowest BCUT2D eigenvalue weighted by molar-refractivity contribution is -0.274. The lowest BCUT2D eigenvalue weighted by Crippen LogP contribution is -2.53. The molecule has 3 atom stereocenters. The van der Waals surface area contributed by atoms with Crippen LogP contribution in [0.25, 0.3) is 0 Å². The van der Waals surface area contributed by atoms with E-state index in [2.05, 4.69) is 21.4 Å². The lowest BCUT2D eigenvalue weighted by atomic mass is 9.72. The van der Waals surface area contributed by atoms with Crippen molar-refractivity contribution in [1.82, 2.24) is 15.5 Å². The summed E-state index contributed by atoms with van der Waals surface area (Å²) in [6.07, 6.45) is 2.12. The highest BCUT2D eigenvalue weighted by atomic mass is 19.4. The van der Waals surface area contributed by atoms with Crippen LogP contribution in [-0.4, -0.2) is 59.8 Å². The summed E-state index contributed by atoms with van der Waals surface area (Å²) in [5.41, 5.74) is -0.498. The molecule has 2 saturated heterocycles. The molecule has 0 aromatic heterocycles. The minimum Gasteiger partial charge on any atom is -0.484 e. The maximum Gasteiger partial charge on any atom is 0.573 e. The fourth-order valence-electron chi connectivity index (χ4n) is 6.27. The highest BCUT2D eigenvalue weighted by Crippen LogP contribution is 2.46. The fraction of sp³-hybridized carbons (Fsp3) is 0.655. The Bertz CT molecular complexity index is 1160. The molecule has 2 aliphatic heterocycles. The van der Waals surface area contributed by atoms with Crippen LogP contribution in [0.15, 0.2) is 24.3 Å². The summed E-state index contributed by atoms with van der Waals surface area (Å²) >= 11 is 0. The summed E-state index contributed by atoms with van der Waals surface area (Å²) in [5, 5.41) is 15.5. The van der Waals surface area contributed by atoms with Gasteiger partial charge < -0.3 is 25.0 Å². The third-order valence-electron chi connectivity index (χ3n) is 8.41. The van der Waals surface area contributed by atoms with Crippen LogP contribution in [-0.2, 0) is 14.4 Å². The van der Waals surface area contributed by atoms with Crippen molar-refractivity contribution in [1.29, 1.82) is 5.26 Å². The first kappa shape index (κ1) is 30.5. The average Bonchev–Trinajstić information content (AvgIpc) is 3.27. The number of halogens is 3. The number of carbonyl (C=O) groups is 3. The van der Waals surface area contributed by atoms with Crippen LogP contribution >= 0.6 is 0 Å². The highest BCUT2D eigenvalue weighted by molar-refractivity contribution is 5.89. The van der Waals surface area contributed by atoms with Crippen molar-refractivity contribution in [3.05, 3.63) is 24.3 Å². The van der Waals surface area contributed by atoms with E-state index in [1.165, 1.54) is 17.0 Å². The zero-order valence-electron chi connectivity index (χ0n) is 23.4. The molecule has 1 aromatic rings. The molecule has 3 aliphatic rings. The predicted molar refractivity (Wildman–Crippen MR) is 141 cm³/mol. The molecule has 12 heteroatoms. The molecule has 4 rings (SSSR count). The van der Waals surface area contributed by atoms with E-state index >= 15 is 0 Å². The summed E-state index contributed by atoms with van der Waals surface area (Å²) in [4.78, 5) is 40.9. The van der Waals surface area contributed by atoms with Crippen molar-refractivity contribution in [2.75, 3.05) is 13.2 Å². The molecule has 224 valence electrons. The van der Waals surface area contributed by atoms with Crippen molar-refractivity contribution in [3.63, 3.8) is 0 Å². The van der Waals surface area contributed by atoms with Crippen molar-refractivity contribution in [3.8, 4) is 17.6 Å². The molecule has 0 radical (unpaired) electrons. The molecule has 1 saturated carbocycles. The number of hydrogen-bond donors (Lipinski definition) is 2. The maximum absolute atomic E-state index is 13.5. The molecule has 0 bridgehead atoms. The van der Waals surface area contributed by atoms with Gasteiger partial charge in [0, 0.05) is 18.0 Å². The second-order valence-corrected chi connectivity index (χ2v) is 12.1. The maximum atomic E-state index is 13.5. The van der Waals surface area contributed by atoms with Gasteiger partial charge in [-0.2, -0.15) is 5.26 Å². The SMILES string of the molecule is CC1(C)CC[C@@H](C[C@@H](C#N)NC(=O)C2CC3(CCCCC3)CN2C(=O)COc2ccc(OC(F)(F)F)cc2)C(=O)N1. The molecule has 2 heterocycles. The van der Waals surface area contributed by atoms with E-state index < -0.39 is 42.6 Å². The Balaban J connectivity index is 1.40. The van der Waals surface area contributed by atoms with Gasteiger partial charge in [0.25, 0.3) is 5.91 Å². The standard InChI is InChI=1S/C29H37F3N4O5/c1-27(2)13-10-19(25(38)35-27)14-20(16-33)34-26(39)23-15-28(11-4-3-5-12-28)18-36(23)24(37)17-40-21-6-8-22(9-7-21)41-29(30,31)32/h6-9,19-20,23H,3-5,10-15,17-18H2,1-2H3,(H,34,39)(H,35,38)/t19-,20-,23?/m0/s1. The molecular weight excluding hydrogens is 541 g/mol. The summed E-state index contributed by atoms with van der Waals surface area (Å²) < 4.78 is 46.6. The van der Waals surface area contributed by atoms with Crippen LogP contribution in [0.5, 0.6) is 11.5 Å². The summed E-state index contributed by atoms with van der Waals surface area (Å²) in [7, 11) is 0. The topological polar surface area (TPSA) is 121 Å². The Hall–Kier alpha value is -3.49. The fourth-order valence-corrected chi connectivity index (χ4v) is 6.27. The molecule has 1 aromatic carbocycles. The van der Waals surface area contributed by atoms with Gasteiger partial charge >= 0.3 is 6.36 Å². The molecular formula is C29H37F3N4O5. The number of nitrogens with one attached hydrogen (secondary N) is 2. The number of rotatable bonds is 8. The highest BCUT2D eigenvalue weighted by Gasteiger charge is 2.49. The lowest BCUT2D eigenvalue weighted by Gasteiger charge is -2.35. The number of piperidine rings is 1. The van der Waals surface area contributed by atoms with Crippen LogP contribution in [0, 0.1) is 22.7 Å². The summed E-state index contributed by atoms with van der Waals surface area (Å²) in [6, 6.07) is 5.15. The third kappa shape index (κ3) is 8.05. The largest absolute Gasteiger partial charge is 0.573 e.